The first-order chi connectivity index (χ1) is 13.8. The fourth-order valence-electron chi connectivity index (χ4n) is 3.30. The van der Waals surface area contributed by atoms with E-state index in [4.69, 9.17) is 0 Å². The molecular weight excluding hydrogens is 390 g/mol. The predicted molar refractivity (Wildman–Crippen MR) is 112 cm³/mol. The van der Waals surface area contributed by atoms with Crippen molar-refractivity contribution in [2.24, 2.45) is 0 Å². The van der Waals surface area contributed by atoms with E-state index < -0.39 is 10.0 Å². The van der Waals surface area contributed by atoms with Crippen molar-refractivity contribution in [3.63, 3.8) is 0 Å². The molecule has 0 saturated carbocycles. The van der Waals surface area contributed by atoms with Gasteiger partial charge in [-0.05, 0) is 54.3 Å². The highest BCUT2D eigenvalue weighted by molar-refractivity contribution is 7.89. The molecule has 154 valence electrons. The van der Waals surface area contributed by atoms with Crippen LogP contribution in [0.15, 0.2) is 47.4 Å². The van der Waals surface area contributed by atoms with Crippen molar-refractivity contribution in [1.82, 2.24) is 4.72 Å². The average molecular weight is 416 g/mol. The number of benzene rings is 2. The van der Waals surface area contributed by atoms with Crippen LogP contribution < -0.4 is 14.9 Å². The van der Waals surface area contributed by atoms with Crippen LogP contribution in [0.1, 0.15) is 31.4 Å². The largest absolute Gasteiger partial charge is 0.326 e. The predicted octanol–water partition coefficient (Wildman–Crippen LogP) is 2.47. The van der Waals surface area contributed by atoms with Gasteiger partial charge < -0.3 is 10.2 Å². The Morgan fingerprint density at radius 3 is 2.48 bits per heavy atom. The van der Waals surface area contributed by atoms with Crippen molar-refractivity contribution in [3.8, 4) is 0 Å². The number of sulfonamides is 1. The van der Waals surface area contributed by atoms with Crippen LogP contribution in [0.2, 0.25) is 0 Å². The molecule has 29 heavy (non-hydrogen) atoms. The molecule has 8 heteroatoms. The number of nitrogens with one attached hydrogen (secondary N) is 2. The third-order valence-electron chi connectivity index (χ3n) is 4.93. The molecule has 0 radical (unpaired) electrons. The molecule has 0 bridgehead atoms. The van der Waals surface area contributed by atoms with Gasteiger partial charge >= 0.3 is 0 Å². The molecular formula is C21H25N3O4S. The van der Waals surface area contributed by atoms with Gasteiger partial charge in [-0.2, -0.15) is 0 Å². The van der Waals surface area contributed by atoms with Gasteiger partial charge in [-0.15, -0.1) is 0 Å². The molecule has 0 atom stereocenters. The highest BCUT2D eigenvalue weighted by Crippen LogP contribution is 2.30. The van der Waals surface area contributed by atoms with Gasteiger partial charge in [0.15, 0.2) is 0 Å². The highest BCUT2D eigenvalue weighted by atomic mass is 32.2. The minimum Gasteiger partial charge on any atom is -0.326 e. The van der Waals surface area contributed by atoms with Crippen LogP contribution in [0, 0.1) is 0 Å². The van der Waals surface area contributed by atoms with E-state index in [0.717, 1.165) is 17.7 Å². The Morgan fingerprint density at radius 2 is 1.83 bits per heavy atom. The van der Waals surface area contributed by atoms with E-state index in [1.54, 1.807) is 17.0 Å². The maximum absolute atomic E-state index is 12.5. The minimum atomic E-state index is -3.73. The van der Waals surface area contributed by atoms with Gasteiger partial charge in [0.05, 0.1) is 4.90 Å². The summed E-state index contributed by atoms with van der Waals surface area (Å²) in [6.45, 7) is 4.10. The van der Waals surface area contributed by atoms with Crippen LogP contribution in [0.3, 0.4) is 0 Å². The second-order valence-corrected chi connectivity index (χ2v) is 8.72. The summed E-state index contributed by atoms with van der Waals surface area (Å²) < 4.78 is 27.5. The normalized spacial score (nSPS) is 13.2. The van der Waals surface area contributed by atoms with E-state index in [2.05, 4.69) is 17.0 Å². The van der Waals surface area contributed by atoms with Crippen LogP contribution >= 0.6 is 0 Å². The molecule has 0 aliphatic carbocycles. The monoisotopic (exact) mass is 415 g/mol. The summed E-state index contributed by atoms with van der Waals surface area (Å²) in [4.78, 5) is 25.4. The van der Waals surface area contributed by atoms with Crippen molar-refractivity contribution < 1.29 is 18.0 Å². The lowest BCUT2D eigenvalue weighted by molar-refractivity contribution is -0.117. The molecule has 1 aliphatic rings. The quantitative estimate of drug-likeness (QED) is 0.726. The zero-order valence-electron chi connectivity index (χ0n) is 16.6. The van der Waals surface area contributed by atoms with Gasteiger partial charge in [-0.25, -0.2) is 13.1 Å². The van der Waals surface area contributed by atoms with Gasteiger partial charge in [-0.3, -0.25) is 9.59 Å². The maximum atomic E-state index is 12.5. The Kier molecular flexibility index (Phi) is 6.34. The van der Waals surface area contributed by atoms with Gasteiger partial charge in [0.1, 0.15) is 0 Å². The second kappa shape index (κ2) is 8.75. The van der Waals surface area contributed by atoms with Crippen molar-refractivity contribution in [1.29, 1.82) is 0 Å². The Hall–Kier alpha value is -2.71. The molecule has 0 spiro atoms. The van der Waals surface area contributed by atoms with Crippen LogP contribution in [0.4, 0.5) is 11.4 Å². The molecule has 0 unspecified atom stereocenters. The number of hydrogen-bond donors (Lipinski definition) is 2. The number of fused-ring (bicyclic) bond motifs is 1. The van der Waals surface area contributed by atoms with E-state index in [1.807, 2.05) is 24.3 Å². The molecule has 2 N–H and O–H groups in total. The minimum absolute atomic E-state index is 0.00212. The Morgan fingerprint density at radius 1 is 1.10 bits per heavy atom. The van der Waals surface area contributed by atoms with E-state index in [-0.39, 0.29) is 29.7 Å². The molecule has 2 aromatic carbocycles. The van der Waals surface area contributed by atoms with Crippen LogP contribution in [0.5, 0.6) is 0 Å². The molecule has 0 saturated heterocycles. The number of anilines is 2. The van der Waals surface area contributed by atoms with E-state index >= 15 is 0 Å². The van der Waals surface area contributed by atoms with Crippen LogP contribution in [0.25, 0.3) is 0 Å². The number of nitrogens with zero attached hydrogens (tertiary/aromatic N) is 1. The lowest BCUT2D eigenvalue weighted by Gasteiger charge is -2.15. The third-order valence-corrected chi connectivity index (χ3v) is 6.39. The molecule has 1 heterocycles. The topological polar surface area (TPSA) is 95.6 Å². The van der Waals surface area contributed by atoms with Crippen molar-refractivity contribution >= 4 is 33.2 Å². The lowest BCUT2D eigenvalue weighted by atomic mass is 10.1. The molecule has 3 rings (SSSR count). The molecule has 2 amide bonds. The summed E-state index contributed by atoms with van der Waals surface area (Å²) in [6, 6.07) is 12.3. The summed E-state index contributed by atoms with van der Waals surface area (Å²) in [5, 5.41) is 2.76. The number of carbonyl (C=O) groups excluding carboxylic acids is 2. The van der Waals surface area contributed by atoms with Gasteiger partial charge in [-0.1, -0.05) is 19.1 Å². The summed E-state index contributed by atoms with van der Waals surface area (Å²) in [5.74, 6) is -0.323. The number of carbonyl (C=O) groups is 2. The molecule has 1 aliphatic heterocycles. The molecule has 2 aromatic rings. The third kappa shape index (κ3) is 5.02. The second-order valence-electron chi connectivity index (χ2n) is 6.96. The summed E-state index contributed by atoms with van der Waals surface area (Å²) in [5.41, 5.74) is 3.45. The highest BCUT2D eigenvalue weighted by Gasteiger charge is 2.24. The summed E-state index contributed by atoms with van der Waals surface area (Å²) >= 11 is 0. The Bertz CT molecular complexity index is 1020. The Labute approximate surface area is 171 Å². The van der Waals surface area contributed by atoms with Gasteiger partial charge in [0.25, 0.3) is 0 Å². The number of hydrogen-bond acceptors (Lipinski definition) is 4. The lowest BCUT2D eigenvalue weighted by Crippen LogP contribution is -2.28. The fourth-order valence-corrected chi connectivity index (χ4v) is 4.38. The number of rotatable bonds is 7. The first-order valence-corrected chi connectivity index (χ1v) is 11.1. The molecule has 0 aromatic heterocycles. The molecule has 0 fully saturated rings. The summed E-state index contributed by atoms with van der Waals surface area (Å²) in [7, 11) is -3.73. The van der Waals surface area contributed by atoms with Crippen molar-refractivity contribution in [2.45, 2.75) is 38.0 Å². The van der Waals surface area contributed by atoms with Crippen molar-refractivity contribution in [3.05, 3.63) is 53.6 Å². The van der Waals surface area contributed by atoms with Gasteiger partial charge in [0.2, 0.25) is 21.8 Å². The fraction of sp³-hybridized carbons (Fsp3) is 0.333. The Balaban J connectivity index is 1.56. The first-order valence-electron chi connectivity index (χ1n) is 9.59. The smallest absolute Gasteiger partial charge is 0.240 e. The average Bonchev–Trinajstić information content (AvgIpc) is 3.12. The zero-order valence-corrected chi connectivity index (χ0v) is 17.4. The number of aryl methyl sites for hydroxylation is 1. The zero-order chi connectivity index (χ0) is 21.0. The summed E-state index contributed by atoms with van der Waals surface area (Å²) in [6.07, 6.45) is 1.57. The molecule has 7 nitrogen and oxygen atoms in total. The number of amides is 2. The van der Waals surface area contributed by atoms with E-state index in [0.29, 0.717) is 18.7 Å². The van der Waals surface area contributed by atoms with Gasteiger partial charge in [0, 0.05) is 37.8 Å². The SMILES string of the molecule is CCc1ccc(NC(=O)CCNS(=O)(=O)c2ccc3c(c2)CCN3C(C)=O)cc1. The van der Waals surface area contributed by atoms with E-state index in [1.165, 1.54) is 18.6 Å². The standard InChI is InChI=1S/C21H25N3O4S/c1-3-16-4-6-18(7-5-16)23-21(26)10-12-22-29(27,28)19-8-9-20-17(14-19)11-13-24(20)15(2)25/h4-9,14,22H,3,10-13H2,1-2H3,(H,23,26). The first kappa shape index (κ1) is 21.0. The van der Waals surface area contributed by atoms with Crippen molar-refractivity contribution in [2.75, 3.05) is 23.3 Å². The van der Waals surface area contributed by atoms with Crippen LogP contribution in [-0.4, -0.2) is 33.3 Å². The van der Waals surface area contributed by atoms with E-state index in [9.17, 15) is 18.0 Å². The maximum Gasteiger partial charge on any atom is 0.240 e. The van der Waals surface area contributed by atoms with Crippen LogP contribution in [-0.2, 0) is 32.5 Å².